The molecule has 1 aliphatic heterocycles. The van der Waals surface area contributed by atoms with Crippen molar-refractivity contribution in [3.8, 4) is 0 Å². The van der Waals surface area contributed by atoms with Gasteiger partial charge >= 0.3 is 21.6 Å². The minimum absolute atomic E-state index is 0.146. The van der Waals surface area contributed by atoms with Gasteiger partial charge in [-0.1, -0.05) is 18.2 Å². The van der Waals surface area contributed by atoms with Crippen molar-refractivity contribution in [2.75, 3.05) is 7.11 Å². The molecule has 0 fully saturated rings. The molecule has 1 atom stereocenters. The van der Waals surface area contributed by atoms with Gasteiger partial charge in [-0.05, 0) is 12.1 Å². The number of ether oxygens (including phenoxy) is 1. The lowest BCUT2D eigenvalue weighted by Gasteiger charge is -2.20. The van der Waals surface area contributed by atoms with Crippen LogP contribution >= 0.6 is 0 Å². The zero-order chi connectivity index (χ0) is 18.8. The highest BCUT2D eigenvalue weighted by Gasteiger charge is 2.50. The van der Waals surface area contributed by atoms with Crippen molar-refractivity contribution in [2.24, 2.45) is 0 Å². The second kappa shape index (κ2) is 6.75. The van der Waals surface area contributed by atoms with E-state index in [1.54, 1.807) is 18.2 Å². The van der Waals surface area contributed by atoms with E-state index in [0.717, 1.165) is 18.2 Å². The summed E-state index contributed by atoms with van der Waals surface area (Å²) < 4.78 is 68.0. The molecule has 136 valence electrons. The summed E-state index contributed by atoms with van der Waals surface area (Å²) in [5.74, 6) is -2.35. The highest BCUT2D eigenvalue weighted by atomic mass is 32.2. The number of carbonyl (C=O) groups is 2. The molecule has 1 heterocycles. The van der Waals surface area contributed by atoms with Crippen LogP contribution < -0.4 is 0 Å². The Labute approximate surface area is 140 Å². The maximum Gasteiger partial charge on any atom is 0.534 e. The Balaban J connectivity index is 2.33. The number of amides is 1. The molecule has 7 nitrogen and oxygen atoms in total. The van der Waals surface area contributed by atoms with Crippen LogP contribution in [0.2, 0.25) is 0 Å². The van der Waals surface area contributed by atoms with Crippen LogP contribution in [0, 0.1) is 0 Å². The summed E-state index contributed by atoms with van der Waals surface area (Å²) >= 11 is 0. The third-order valence-electron chi connectivity index (χ3n) is 3.24. The summed E-state index contributed by atoms with van der Waals surface area (Å²) in [6.07, 6.45) is 0.181. The molecule has 1 unspecified atom stereocenters. The molecule has 2 rings (SSSR count). The van der Waals surface area contributed by atoms with Gasteiger partial charge in [0.25, 0.3) is 5.91 Å². The topological polar surface area (TPSA) is 90.0 Å². The Morgan fingerprint density at radius 3 is 2.32 bits per heavy atom. The van der Waals surface area contributed by atoms with Gasteiger partial charge in [-0.25, -0.2) is 4.79 Å². The number of nitrogens with zero attached hydrogens (tertiary/aromatic N) is 1. The van der Waals surface area contributed by atoms with Crippen molar-refractivity contribution in [3.05, 3.63) is 47.9 Å². The van der Waals surface area contributed by atoms with E-state index >= 15 is 0 Å². The molecule has 1 aliphatic rings. The lowest BCUT2D eigenvalue weighted by atomic mass is 10.1. The molecule has 0 bridgehead atoms. The van der Waals surface area contributed by atoms with E-state index in [1.165, 1.54) is 12.1 Å². The number of benzene rings is 1. The Bertz CT molecular complexity index is 804. The number of methoxy groups -OCH3 is 1. The summed E-state index contributed by atoms with van der Waals surface area (Å²) in [4.78, 5) is 25.0. The van der Waals surface area contributed by atoms with Crippen LogP contribution in [0.15, 0.2) is 42.3 Å². The summed E-state index contributed by atoms with van der Waals surface area (Å²) in [6, 6.07) is 6.25. The van der Waals surface area contributed by atoms with Crippen molar-refractivity contribution in [2.45, 2.75) is 18.0 Å². The Morgan fingerprint density at radius 1 is 1.20 bits per heavy atom. The van der Waals surface area contributed by atoms with Gasteiger partial charge < -0.3 is 8.92 Å². The monoisotopic (exact) mass is 379 g/mol. The molecule has 1 amide bonds. The van der Waals surface area contributed by atoms with E-state index in [2.05, 4.69) is 8.92 Å². The average Bonchev–Trinajstić information content (AvgIpc) is 2.96. The van der Waals surface area contributed by atoms with E-state index < -0.39 is 45.7 Å². The number of rotatable bonds is 4. The number of halogens is 3. The minimum atomic E-state index is -5.91. The van der Waals surface area contributed by atoms with E-state index in [0.29, 0.717) is 0 Å². The lowest BCUT2D eigenvalue weighted by Crippen LogP contribution is -2.39. The van der Waals surface area contributed by atoms with Gasteiger partial charge in [0.15, 0.2) is 0 Å². The molecule has 0 radical (unpaired) electrons. The number of esters is 1. The van der Waals surface area contributed by atoms with Crippen molar-refractivity contribution in [1.82, 2.24) is 4.90 Å². The molecular weight excluding hydrogens is 367 g/mol. The van der Waals surface area contributed by atoms with Crippen LogP contribution in [0.5, 0.6) is 0 Å². The van der Waals surface area contributed by atoms with E-state index in [-0.39, 0.29) is 5.56 Å². The van der Waals surface area contributed by atoms with Gasteiger partial charge in [-0.2, -0.15) is 21.6 Å². The summed E-state index contributed by atoms with van der Waals surface area (Å²) in [5.41, 5.74) is -5.49. The normalized spacial score (nSPS) is 17.8. The smallest absolute Gasteiger partial charge is 0.467 e. The number of alkyl halides is 3. The summed E-state index contributed by atoms with van der Waals surface area (Å²) in [6.45, 7) is 0. The summed E-state index contributed by atoms with van der Waals surface area (Å²) in [7, 11) is -4.88. The number of hydrogen-bond donors (Lipinski definition) is 0. The predicted octanol–water partition coefficient (Wildman–Crippen LogP) is 1.78. The summed E-state index contributed by atoms with van der Waals surface area (Å²) in [5, 5.41) is 0. The van der Waals surface area contributed by atoms with Gasteiger partial charge in [-0.15, -0.1) is 0 Å². The molecule has 1 aromatic rings. The molecule has 25 heavy (non-hydrogen) atoms. The van der Waals surface area contributed by atoms with E-state index in [9.17, 15) is 31.2 Å². The standard InChI is InChI=1S/C14H12F3NO6S/c1-23-13(20)11-7-10(24-25(21,22)14(15,16)17)8-18(11)12(19)9-5-3-2-4-6-9/h2-6,8,11H,7H2,1H3. The Morgan fingerprint density at radius 2 is 1.80 bits per heavy atom. The van der Waals surface area contributed by atoms with Gasteiger partial charge in [0.1, 0.15) is 11.8 Å². The van der Waals surface area contributed by atoms with Crippen molar-refractivity contribution in [1.29, 1.82) is 0 Å². The fraction of sp³-hybridized carbons (Fsp3) is 0.286. The SMILES string of the molecule is COC(=O)C1CC(OS(=O)(=O)C(F)(F)F)=CN1C(=O)c1ccccc1. The van der Waals surface area contributed by atoms with Crippen molar-refractivity contribution < 1.29 is 40.1 Å². The van der Waals surface area contributed by atoms with Crippen LogP contribution in [0.25, 0.3) is 0 Å². The van der Waals surface area contributed by atoms with Crippen LogP contribution in [0.4, 0.5) is 13.2 Å². The molecule has 0 aliphatic carbocycles. The highest BCUT2D eigenvalue weighted by Crippen LogP contribution is 2.32. The van der Waals surface area contributed by atoms with Crippen LogP contribution in [0.3, 0.4) is 0 Å². The van der Waals surface area contributed by atoms with Gasteiger partial charge in [0.2, 0.25) is 0 Å². The first kappa shape index (κ1) is 18.8. The number of hydrogen-bond acceptors (Lipinski definition) is 6. The lowest BCUT2D eigenvalue weighted by molar-refractivity contribution is -0.144. The fourth-order valence-corrected chi connectivity index (χ4v) is 2.58. The molecule has 0 N–H and O–H groups in total. The number of carbonyl (C=O) groups excluding carboxylic acids is 2. The van der Waals surface area contributed by atoms with Crippen LogP contribution in [-0.2, 0) is 23.8 Å². The third kappa shape index (κ3) is 3.92. The van der Waals surface area contributed by atoms with E-state index in [4.69, 9.17) is 0 Å². The van der Waals surface area contributed by atoms with Gasteiger partial charge in [0, 0.05) is 18.2 Å². The largest absolute Gasteiger partial charge is 0.534 e. The first-order valence-electron chi connectivity index (χ1n) is 6.74. The second-order valence-corrected chi connectivity index (χ2v) is 6.44. The van der Waals surface area contributed by atoms with E-state index in [1.807, 2.05) is 0 Å². The highest BCUT2D eigenvalue weighted by molar-refractivity contribution is 7.87. The third-order valence-corrected chi connectivity index (χ3v) is 4.24. The Hall–Kier alpha value is -2.56. The van der Waals surface area contributed by atoms with Gasteiger partial charge in [0.05, 0.1) is 7.11 Å². The zero-order valence-electron chi connectivity index (χ0n) is 12.7. The molecule has 1 aromatic carbocycles. The van der Waals surface area contributed by atoms with Crippen LogP contribution in [-0.4, -0.2) is 43.9 Å². The molecular formula is C14H12F3NO6S. The molecule has 0 aromatic heterocycles. The maximum atomic E-state index is 12.4. The first-order valence-corrected chi connectivity index (χ1v) is 8.14. The second-order valence-electron chi connectivity index (χ2n) is 4.90. The van der Waals surface area contributed by atoms with Crippen molar-refractivity contribution >= 4 is 22.0 Å². The maximum absolute atomic E-state index is 12.4. The van der Waals surface area contributed by atoms with Gasteiger partial charge in [-0.3, -0.25) is 9.69 Å². The molecule has 0 spiro atoms. The van der Waals surface area contributed by atoms with Crippen molar-refractivity contribution in [3.63, 3.8) is 0 Å². The minimum Gasteiger partial charge on any atom is -0.467 e. The predicted molar refractivity (Wildman–Crippen MR) is 77.2 cm³/mol. The Kier molecular flexibility index (Phi) is 5.07. The zero-order valence-corrected chi connectivity index (χ0v) is 13.5. The molecule has 0 saturated heterocycles. The molecule has 11 heteroatoms. The quantitative estimate of drug-likeness (QED) is 0.450. The average molecular weight is 379 g/mol. The molecule has 0 saturated carbocycles. The van der Waals surface area contributed by atoms with Crippen LogP contribution in [0.1, 0.15) is 16.8 Å². The first-order chi connectivity index (χ1) is 11.6. The fourth-order valence-electron chi connectivity index (χ4n) is 2.09.